The van der Waals surface area contributed by atoms with Gasteiger partial charge in [0.15, 0.2) is 12.1 Å². The Morgan fingerprint density at radius 3 is 2.33 bits per heavy atom. The number of hydrogen-bond donors (Lipinski definition) is 1. The van der Waals surface area contributed by atoms with Gasteiger partial charge in [-0.2, -0.15) is 0 Å². The summed E-state index contributed by atoms with van der Waals surface area (Å²) in [5, 5.41) is 0. The molecular formula is C19H18ClN3O. The third-order valence-corrected chi connectivity index (χ3v) is 3.78. The molecule has 0 aliphatic carbocycles. The molecule has 1 heterocycles. The molecule has 24 heavy (non-hydrogen) atoms. The Balaban J connectivity index is 0.00000208. The van der Waals surface area contributed by atoms with E-state index < -0.39 is 0 Å². The summed E-state index contributed by atoms with van der Waals surface area (Å²) in [5.74, 6) is 0.684. The van der Waals surface area contributed by atoms with Crippen molar-refractivity contribution in [1.82, 2.24) is 4.98 Å². The predicted molar refractivity (Wildman–Crippen MR) is 101 cm³/mol. The lowest BCUT2D eigenvalue weighted by Gasteiger charge is -2.23. The summed E-state index contributed by atoms with van der Waals surface area (Å²) in [6, 6.07) is 19.1. The number of carbonyl (C=O) groups excluding carboxylic acids is 1. The highest BCUT2D eigenvalue weighted by Gasteiger charge is 2.15. The second kappa shape index (κ2) is 7.62. The summed E-state index contributed by atoms with van der Waals surface area (Å²) in [4.78, 5) is 17.7. The molecule has 0 saturated carbocycles. The highest BCUT2D eigenvalue weighted by Crippen LogP contribution is 2.36. The van der Waals surface area contributed by atoms with Crippen LogP contribution in [0.4, 0.5) is 17.2 Å². The summed E-state index contributed by atoms with van der Waals surface area (Å²) >= 11 is 0. The van der Waals surface area contributed by atoms with Gasteiger partial charge in [-0.15, -0.1) is 12.4 Å². The van der Waals surface area contributed by atoms with Gasteiger partial charge in [0.25, 0.3) is 0 Å². The Kier molecular flexibility index (Phi) is 5.55. The van der Waals surface area contributed by atoms with Gasteiger partial charge in [0.2, 0.25) is 0 Å². The number of anilines is 3. The van der Waals surface area contributed by atoms with E-state index in [0.717, 1.165) is 23.1 Å². The number of benzene rings is 2. The molecule has 1 aromatic heterocycles. The molecule has 0 aliphatic heterocycles. The summed E-state index contributed by atoms with van der Waals surface area (Å²) in [6.45, 7) is 0. The van der Waals surface area contributed by atoms with Gasteiger partial charge in [-0.3, -0.25) is 4.79 Å². The fourth-order valence-electron chi connectivity index (χ4n) is 2.64. The van der Waals surface area contributed by atoms with Crippen molar-refractivity contribution < 1.29 is 4.79 Å². The number of aldehydes is 1. The fourth-order valence-corrected chi connectivity index (χ4v) is 2.64. The van der Waals surface area contributed by atoms with Crippen LogP contribution in [0.5, 0.6) is 0 Å². The zero-order valence-electron chi connectivity index (χ0n) is 13.2. The zero-order chi connectivity index (χ0) is 16.2. The molecule has 4 nitrogen and oxygen atoms in total. The van der Waals surface area contributed by atoms with Crippen LogP contribution in [0.15, 0.2) is 66.9 Å². The van der Waals surface area contributed by atoms with Crippen molar-refractivity contribution in [3.05, 3.63) is 72.4 Å². The van der Waals surface area contributed by atoms with Crippen molar-refractivity contribution in [3.8, 4) is 11.1 Å². The molecule has 0 amide bonds. The molecule has 0 unspecified atom stereocenters. The number of nitrogens with two attached hydrogens (primary N) is 1. The standard InChI is InChI=1S/C19H17N3O.ClH/c1-22(19-17(20)10-6-12-21-19)18-11-5-4-9-16(18)15-8-3-2-7-14(15)13-23;/h2-13H,20H2,1H3;1H. The lowest BCUT2D eigenvalue weighted by molar-refractivity contribution is 0.112. The number of aromatic nitrogens is 1. The largest absolute Gasteiger partial charge is 0.396 e. The molecule has 5 heteroatoms. The van der Waals surface area contributed by atoms with Gasteiger partial charge in [0.05, 0.1) is 5.69 Å². The van der Waals surface area contributed by atoms with E-state index in [-0.39, 0.29) is 12.4 Å². The van der Waals surface area contributed by atoms with Crippen LogP contribution in [0.3, 0.4) is 0 Å². The summed E-state index contributed by atoms with van der Waals surface area (Å²) in [7, 11) is 1.92. The van der Waals surface area contributed by atoms with Crippen LogP contribution in [-0.4, -0.2) is 18.3 Å². The monoisotopic (exact) mass is 339 g/mol. The maximum Gasteiger partial charge on any atom is 0.155 e. The van der Waals surface area contributed by atoms with Gasteiger partial charge in [-0.1, -0.05) is 42.5 Å². The van der Waals surface area contributed by atoms with E-state index in [9.17, 15) is 4.79 Å². The number of pyridine rings is 1. The van der Waals surface area contributed by atoms with Gasteiger partial charge < -0.3 is 10.6 Å². The molecule has 3 aromatic rings. The molecule has 0 saturated heterocycles. The maximum atomic E-state index is 11.4. The highest BCUT2D eigenvalue weighted by molar-refractivity contribution is 5.93. The molecule has 0 bridgehead atoms. The summed E-state index contributed by atoms with van der Waals surface area (Å²) in [6.07, 6.45) is 2.59. The number of para-hydroxylation sites is 1. The third-order valence-electron chi connectivity index (χ3n) is 3.78. The van der Waals surface area contributed by atoms with Gasteiger partial charge in [-0.25, -0.2) is 4.98 Å². The minimum Gasteiger partial charge on any atom is -0.396 e. The Labute approximate surface area is 147 Å². The molecular weight excluding hydrogens is 322 g/mol. The number of nitrogen functional groups attached to an aromatic ring is 1. The van der Waals surface area contributed by atoms with E-state index in [1.807, 2.05) is 66.5 Å². The molecule has 0 atom stereocenters. The van der Waals surface area contributed by atoms with Gasteiger partial charge in [0.1, 0.15) is 0 Å². The Morgan fingerprint density at radius 1 is 0.958 bits per heavy atom. The van der Waals surface area contributed by atoms with Crippen molar-refractivity contribution in [2.75, 3.05) is 17.7 Å². The number of rotatable bonds is 4. The van der Waals surface area contributed by atoms with Crippen molar-refractivity contribution in [1.29, 1.82) is 0 Å². The maximum absolute atomic E-state index is 11.4. The second-order valence-corrected chi connectivity index (χ2v) is 5.20. The zero-order valence-corrected chi connectivity index (χ0v) is 14.0. The smallest absolute Gasteiger partial charge is 0.155 e. The number of hydrogen-bond acceptors (Lipinski definition) is 4. The SMILES string of the molecule is CN(c1ccccc1-c1ccccc1C=O)c1ncccc1N.Cl. The van der Waals surface area contributed by atoms with E-state index in [0.29, 0.717) is 17.1 Å². The normalized spacial score (nSPS) is 9.88. The van der Waals surface area contributed by atoms with Crippen LogP contribution >= 0.6 is 12.4 Å². The van der Waals surface area contributed by atoms with Crippen LogP contribution in [0, 0.1) is 0 Å². The van der Waals surface area contributed by atoms with Crippen molar-refractivity contribution >= 4 is 35.9 Å². The predicted octanol–water partition coefficient (Wildman–Crippen LogP) is 4.33. The average Bonchev–Trinajstić information content (AvgIpc) is 2.61. The number of nitrogens with zero attached hydrogens (tertiary/aromatic N) is 2. The first-order valence-electron chi connectivity index (χ1n) is 7.30. The first-order chi connectivity index (χ1) is 11.2. The molecule has 2 aromatic carbocycles. The van der Waals surface area contributed by atoms with Crippen LogP contribution in [0.1, 0.15) is 10.4 Å². The van der Waals surface area contributed by atoms with E-state index >= 15 is 0 Å². The fraction of sp³-hybridized carbons (Fsp3) is 0.0526. The topological polar surface area (TPSA) is 59.2 Å². The minimum atomic E-state index is 0. The van der Waals surface area contributed by atoms with Crippen molar-refractivity contribution in [3.63, 3.8) is 0 Å². The van der Waals surface area contributed by atoms with Gasteiger partial charge in [0, 0.05) is 30.1 Å². The van der Waals surface area contributed by atoms with Crippen LogP contribution in [0.25, 0.3) is 11.1 Å². The Hall–Kier alpha value is -2.85. The van der Waals surface area contributed by atoms with E-state index in [1.54, 1.807) is 12.3 Å². The Bertz CT molecular complexity index is 851. The van der Waals surface area contributed by atoms with Gasteiger partial charge >= 0.3 is 0 Å². The molecule has 0 fully saturated rings. The quantitative estimate of drug-likeness (QED) is 0.718. The number of carbonyl (C=O) groups is 1. The Morgan fingerprint density at radius 2 is 1.62 bits per heavy atom. The third kappa shape index (κ3) is 3.24. The van der Waals surface area contributed by atoms with Crippen LogP contribution in [-0.2, 0) is 0 Å². The number of halogens is 1. The lowest BCUT2D eigenvalue weighted by atomic mass is 9.98. The highest BCUT2D eigenvalue weighted by atomic mass is 35.5. The molecule has 3 rings (SSSR count). The van der Waals surface area contributed by atoms with Crippen LogP contribution in [0.2, 0.25) is 0 Å². The van der Waals surface area contributed by atoms with Crippen LogP contribution < -0.4 is 10.6 Å². The summed E-state index contributed by atoms with van der Waals surface area (Å²) < 4.78 is 0. The van der Waals surface area contributed by atoms with E-state index in [2.05, 4.69) is 4.98 Å². The van der Waals surface area contributed by atoms with E-state index in [4.69, 9.17) is 5.73 Å². The second-order valence-electron chi connectivity index (χ2n) is 5.20. The molecule has 0 radical (unpaired) electrons. The summed E-state index contributed by atoms with van der Waals surface area (Å²) in [5.41, 5.74) is 10.1. The minimum absolute atomic E-state index is 0. The van der Waals surface area contributed by atoms with Crippen molar-refractivity contribution in [2.45, 2.75) is 0 Å². The molecule has 0 spiro atoms. The van der Waals surface area contributed by atoms with Crippen molar-refractivity contribution in [2.24, 2.45) is 0 Å². The lowest BCUT2D eigenvalue weighted by Crippen LogP contribution is -2.14. The molecule has 122 valence electrons. The van der Waals surface area contributed by atoms with Gasteiger partial charge in [-0.05, 0) is 23.8 Å². The molecule has 2 N–H and O–H groups in total. The van der Waals surface area contributed by atoms with E-state index in [1.165, 1.54) is 0 Å². The first-order valence-corrected chi connectivity index (χ1v) is 7.30. The average molecular weight is 340 g/mol. The first kappa shape index (κ1) is 17.5. The molecule has 0 aliphatic rings.